The van der Waals surface area contributed by atoms with Crippen molar-refractivity contribution in [3.8, 4) is 5.75 Å². The summed E-state index contributed by atoms with van der Waals surface area (Å²) in [6, 6.07) is 16.7. The van der Waals surface area contributed by atoms with Gasteiger partial charge >= 0.3 is 6.03 Å². The highest BCUT2D eigenvalue weighted by atomic mass is 16.5. The topological polar surface area (TPSA) is 58.6 Å². The van der Waals surface area contributed by atoms with E-state index < -0.39 is 5.54 Å². The lowest BCUT2D eigenvalue weighted by Gasteiger charge is -2.25. The first-order valence-corrected chi connectivity index (χ1v) is 8.46. The third kappa shape index (κ3) is 3.22. The smallest absolute Gasteiger partial charge is 0.325 e. The summed E-state index contributed by atoms with van der Waals surface area (Å²) >= 11 is 0. The van der Waals surface area contributed by atoms with Crippen LogP contribution in [0.5, 0.6) is 5.75 Å². The second kappa shape index (κ2) is 6.97. The lowest BCUT2D eigenvalue weighted by Crippen LogP contribution is -2.43. The molecule has 1 aliphatic heterocycles. The van der Waals surface area contributed by atoms with Gasteiger partial charge in [-0.15, -0.1) is 0 Å². The predicted molar refractivity (Wildman–Crippen MR) is 95.3 cm³/mol. The van der Waals surface area contributed by atoms with Crippen molar-refractivity contribution in [1.29, 1.82) is 0 Å². The molecule has 1 saturated heterocycles. The molecule has 3 rings (SSSR count). The molecule has 2 aromatic rings. The molecule has 25 heavy (non-hydrogen) atoms. The second-order valence-corrected chi connectivity index (χ2v) is 6.17. The summed E-state index contributed by atoms with van der Waals surface area (Å²) in [5.41, 5.74) is 0.970. The molecule has 0 bridgehead atoms. The number of urea groups is 1. The molecule has 5 nitrogen and oxygen atoms in total. The van der Waals surface area contributed by atoms with Crippen molar-refractivity contribution in [3.05, 3.63) is 65.7 Å². The van der Waals surface area contributed by atoms with Gasteiger partial charge in [-0.05, 0) is 31.0 Å². The van der Waals surface area contributed by atoms with Crippen LogP contribution in [-0.4, -0.2) is 30.0 Å². The molecule has 1 fully saturated rings. The van der Waals surface area contributed by atoms with Gasteiger partial charge in [-0.2, -0.15) is 0 Å². The summed E-state index contributed by atoms with van der Waals surface area (Å²) < 4.78 is 5.65. The summed E-state index contributed by atoms with van der Waals surface area (Å²) in [7, 11) is 0. The zero-order valence-electron chi connectivity index (χ0n) is 14.5. The number of hydrogen-bond acceptors (Lipinski definition) is 3. The Hall–Kier alpha value is -2.82. The van der Waals surface area contributed by atoms with Crippen LogP contribution in [0.2, 0.25) is 0 Å². The minimum atomic E-state index is -0.984. The van der Waals surface area contributed by atoms with Crippen LogP contribution in [0, 0.1) is 6.92 Å². The van der Waals surface area contributed by atoms with Crippen molar-refractivity contribution in [3.63, 3.8) is 0 Å². The highest BCUT2D eigenvalue weighted by Gasteiger charge is 2.50. The standard InChI is InChI=1S/C20H22N2O3/c1-3-20(16-7-5-4-6-8-16)18(23)22(19(24)21-20)13-14-25-17-11-9-15(2)10-12-17/h4-12H,3,13-14H2,1-2H3,(H,21,24)/t20-/m1/s1. The number of hydrogen-bond donors (Lipinski definition) is 1. The Morgan fingerprint density at radius 1 is 1.04 bits per heavy atom. The number of ether oxygens (including phenoxy) is 1. The van der Waals surface area contributed by atoms with Gasteiger partial charge in [0.15, 0.2) is 0 Å². The van der Waals surface area contributed by atoms with Crippen LogP contribution in [0.4, 0.5) is 4.79 Å². The predicted octanol–water partition coefficient (Wildman–Crippen LogP) is 3.23. The molecule has 0 aromatic heterocycles. The van der Waals surface area contributed by atoms with Crippen molar-refractivity contribution >= 4 is 11.9 Å². The lowest BCUT2D eigenvalue weighted by molar-refractivity contribution is -0.132. The van der Waals surface area contributed by atoms with Gasteiger partial charge in [0.25, 0.3) is 5.91 Å². The minimum Gasteiger partial charge on any atom is -0.492 e. The zero-order chi connectivity index (χ0) is 17.9. The normalized spacial score (nSPS) is 19.8. The summed E-state index contributed by atoms with van der Waals surface area (Å²) in [6.45, 7) is 4.38. The van der Waals surface area contributed by atoms with Crippen LogP contribution >= 0.6 is 0 Å². The molecule has 5 heteroatoms. The van der Waals surface area contributed by atoms with E-state index in [1.165, 1.54) is 4.90 Å². The maximum absolute atomic E-state index is 12.9. The average molecular weight is 338 g/mol. The van der Waals surface area contributed by atoms with Crippen molar-refractivity contribution in [2.75, 3.05) is 13.2 Å². The number of nitrogens with zero attached hydrogens (tertiary/aromatic N) is 1. The minimum absolute atomic E-state index is 0.215. The third-order valence-corrected chi connectivity index (χ3v) is 4.58. The number of carbonyl (C=O) groups is 2. The summed E-state index contributed by atoms with van der Waals surface area (Å²) in [4.78, 5) is 26.5. The summed E-state index contributed by atoms with van der Waals surface area (Å²) in [5.74, 6) is 0.501. The molecular weight excluding hydrogens is 316 g/mol. The number of amides is 3. The van der Waals surface area contributed by atoms with E-state index in [-0.39, 0.29) is 25.1 Å². The molecule has 0 spiro atoms. The van der Waals surface area contributed by atoms with Crippen LogP contribution in [-0.2, 0) is 10.3 Å². The molecule has 0 saturated carbocycles. The fraction of sp³-hybridized carbons (Fsp3) is 0.300. The number of carbonyl (C=O) groups excluding carboxylic acids is 2. The zero-order valence-corrected chi connectivity index (χ0v) is 14.5. The van der Waals surface area contributed by atoms with Gasteiger partial charge in [0.1, 0.15) is 17.9 Å². The van der Waals surface area contributed by atoms with Gasteiger partial charge in [0, 0.05) is 0 Å². The second-order valence-electron chi connectivity index (χ2n) is 6.17. The quantitative estimate of drug-likeness (QED) is 0.823. The van der Waals surface area contributed by atoms with E-state index in [0.717, 1.165) is 16.9 Å². The Morgan fingerprint density at radius 3 is 2.36 bits per heavy atom. The maximum atomic E-state index is 12.9. The van der Waals surface area contributed by atoms with E-state index in [9.17, 15) is 9.59 Å². The molecular formula is C20H22N2O3. The first-order chi connectivity index (χ1) is 12.1. The monoisotopic (exact) mass is 338 g/mol. The molecule has 2 aromatic carbocycles. The third-order valence-electron chi connectivity index (χ3n) is 4.58. The first kappa shape index (κ1) is 17.0. The molecule has 3 amide bonds. The molecule has 1 aliphatic rings. The van der Waals surface area contributed by atoms with Gasteiger partial charge in [-0.3, -0.25) is 9.69 Å². The molecule has 1 heterocycles. The highest BCUT2D eigenvalue weighted by Crippen LogP contribution is 2.32. The number of imide groups is 1. The maximum Gasteiger partial charge on any atom is 0.325 e. The number of nitrogens with one attached hydrogen (secondary N) is 1. The van der Waals surface area contributed by atoms with Crippen LogP contribution < -0.4 is 10.1 Å². The number of benzene rings is 2. The van der Waals surface area contributed by atoms with E-state index in [0.29, 0.717) is 6.42 Å². The van der Waals surface area contributed by atoms with Crippen LogP contribution in [0.1, 0.15) is 24.5 Å². The fourth-order valence-electron chi connectivity index (χ4n) is 3.08. The Kier molecular flexibility index (Phi) is 4.74. The molecule has 0 aliphatic carbocycles. The SMILES string of the molecule is CC[C@]1(c2ccccc2)NC(=O)N(CCOc2ccc(C)cc2)C1=O. The fourth-order valence-corrected chi connectivity index (χ4v) is 3.08. The molecule has 0 radical (unpaired) electrons. The number of aryl methyl sites for hydroxylation is 1. The van der Waals surface area contributed by atoms with Gasteiger partial charge in [-0.1, -0.05) is 55.0 Å². The Balaban J connectivity index is 1.69. The lowest BCUT2D eigenvalue weighted by atomic mass is 9.87. The largest absolute Gasteiger partial charge is 0.492 e. The van der Waals surface area contributed by atoms with E-state index >= 15 is 0 Å². The van der Waals surface area contributed by atoms with E-state index in [2.05, 4.69) is 5.32 Å². The van der Waals surface area contributed by atoms with Crippen LogP contribution in [0.3, 0.4) is 0 Å². The summed E-state index contributed by atoms with van der Waals surface area (Å²) in [6.07, 6.45) is 0.497. The van der Waals surface area contributed by atoms with Crippen LogP contribution in [0.25, 0.3) is 0 Å². The van der Waals surface area contributed by atoms with Crippen LogP contribution in [0.15, 0.2) is 54.6 Å². The van der Waals surface area contributed by atoms with Crippen molar-refractivity contribution in [2.24, 2.45) is 0 Å². The molecule has 1 atom stereocenters. The molecule has 0 unspecified atom stereocenters. The Bertz CT molecular complexity index is 758. The van der Waals surface area contributed by atoms with Gasteiger partial charge in [0.05, 0.1) is 6.54 Å². The molecule has 130 valence electrons. The summed E-state index contributed by atoms with van der Waals surface area (Å²) in [5, 5.41) is 2.87. The van der Waals surface area contributed by atoms with Crippen molar-refractivity contribution in [1.82, 2.24) is 10.2 Å². The van der Waals surface area contributed by atoms with Gasteiger partial charge in [0.2, 0.25) is 0 Å². The number of rotatable bonds is 6. The highest BCUT2D eigenvalue weighted by molar-refractivity contribution is 6.07. The first-order valence-electron chi connectivity index (χ1n) is 8.46. The Morgan fingerprint density at radius 2 is 1.72 bits per heavy atom. The van der Waals surface area contributed by atoms with Gasteiger partial charge in [-0.25, -0.2) is 4.79 Å². The van der Waals surface area contributed by atoms with Crippen molar-refractivity contribution in [2.45, 2.75) is 25.8 Å². The Labute approximate surface area is 147 Å². The van der Waals surface area contributed by atoms with E-state index in [1.807, 2.05) is 68.4 Å². The van der Waals surface area contributed by atoms with Crippen molar-refractivity contribution < 1.29 is 14.3 Å². The van der Waals surface area contributed by atoms with E-state index in [1.54, 1.807) is 0 Å². The van der Waals surface area contributed by atoms with Gasteiger partial charge < -0.3 is 10.1 Å². The average Bonchev–Trinajstić information content (AvgIpc) is 2.89. The van der Waals surface area contributed by atoms with E-state index in [4.69, 9.17) is 4.74 Å². The molecule has 1 N–H and O–H groups in total.